The van der Waals surface area contributed by atoms with E-state index in [1.165, 1.54) is 19.3 Å². The molecule has 2 aromatic rings. The molecule has 6 nitrogen and oxygen atoms in total. The summed E-state index contributed by atoms with van der Waals surface area (Å²) in [4.78, 5) is 19.6. The topological polar surface area (TPSA) is 52.6 Å². The van der Waals surface area contributed by atoms with Crippen molar-refractivity contribution in [1.29, 1.82) is 0 Å². The van der Waals surface area contributed by atoms with Crippen LogP contribution in [0.1, 0.15) is 44.1 Å². The molecule has 6 heteroatoms. The first-order valence-corrected chi connectivity index (χ1v) is 10.9. The quantitative estimate of drug-likeness (QED) is 0.780. The molecule has 4 rings (SSSR count). The summed E-state index contributed by atoms with van der Waals surface area (Å²) >= 11 is 0. The first-order chi connectivity index (χ1) is 14.3. The van der Waals surface area contributed by atoms with Gasteiger partial charge in [-0.2, -0.15) is 0 Å². The van der Waals surface area contributed by atoms with E-state index in [2.05, 4.69) is 51.2 Å². The molecule has 0 N–H and O–H groups in total. The number of piperidine rings is 1. The number of carbonyl (C=O) groups excluding carboxylic acids is 1. The highest BCUT2D eigenvalue weighted by atomic mass is 16.2. The molecule has 2 aliphatic heterocycles. The van der Waals surface area contributed by atoms with Gasteiger partial charge < -0.3 is 14.7 Å². The molecule has 0 bridgehead atoms. The number of carbonyl (C=O) groups is 1. The maximum absolute atomic E-state index is 13.1. The van der Waals surface area contributed by atoms with Gasteiger partial charge in [-0.1, -0.05) is 37.3 Å². The van der Waals surface area contributed by atoms with Crippen molar-refractivity contribution in [1.82, 2.24) is 15.1 Å². The van der Waals surface area contributed by atoms with Gasteiger partial charge in [-0.15, -0.1) is 10.2 Å². The van der Waals surface area contributed by atoms with Crippen molar-refractivity contribution in [2.24, 2.45) is 0 Å². The molecule has 1 atom stereocenters. The summed E-state index contributed by atoms with van der Waals surface area (Å²) in [5.74, 6) is 2.08. The average molecular weight is 394 g/mol. The highest BCUT2D eigenvalue weighted by molar-refractivity contribution is 5.84. The SMILES string of the molecule is CC[C@@H](C(=O)N1CCN(c2ccc(N3CCCCC3)nn2)CC1)c1ccccc1. The second kappa shape index (κ2) is 9.25. The van der Waals surface area contributed by atoms with E-state index in [1.807, 2.05) is 23.1 Å². The van der Waals surface area contributed by atoms with E-state index in [0.29, 0.717) is 0 Å². The lowest BCUT2D eigenvalue weighted by Crippen LogP contribution is -2.50. The predicted octanol–water partition coefficient (Wildman–Crippen LogP) is 3.31. The first-order valence-electron chi connectivity index (χ1n) is 10.9. The van der Waals surface area contributed by atoms with Gasteiger partial charge in [-0.05, 0) is 43.4 Å². The molecule has 3 heterocycles. The van der Waals surface area contributed by atoms with E-state index in [0.717, 1.165) is 62.9 Å². The monoisotopic (exact) mass is 393 g/mol. The third-order valence-electron chi connectivity index (χ3n) is 6.14. The van der Waals surface area contributed by atoms with Crippen molar-refractivity contribution >= 4 is 17.5 Å². The van der Waals surface area contributed by atoms with Crippen LogP contribution in [0.5, 0.6) is 0 Å². The van der Waals surface area contributed by atoms with Crippen molar-refractivity contribution in [2.45, 2.75) is 38.5 Å². The number of hydrogen-bond donors (Lipinski definition) is 0. The fourth-order valence-corrected chi connectivity index (χ4v) is 4.39. The fourth-order valence-electron chi connectivity index (χ4n) is 4.39. The van der Waals surface area contributed by atoms with E-state index >= 15 is 0 Å². The van der Waals surface area contributed by atoms with Crippen molar-refractivity contribution < 1.29 is 4.79 Å². The van der Waals surface area contributed by atoms with Crippen molar-refractivity contribution in [2.75, 3.05) is 49.1 Å². The van der Waals surface area contributed by atoms with E-state index in [4.69, 9.17) is 0 Å². The zero-order chi connectivity index (χ0) is 20.1. The lowest BCUT2D eigenvalue weighted by Gasteiger charge is -2.37. The maximum atomic E-state index is 13.1. The third-order valence-corrected chi connectivity index (χ3v) is 6.14. The first kappa shape index (κ1) is 19.7. The van der Waals surface area contributed by atoms with E-state index in [-0.39, 0.29) is 11.8 Å². The Bertz CT molecular complexity index is 781. The molecule has 1 aromatic heterocycles. The molecule has 0 saturated carbocycles. The molecule has 29 heavy (non-hydrogen) atoms. The van der Waals surface area contributed by atoms with Gasteiger partial charge in [-0.3, -0.25) is 4.79 Å². The maximum Gasteiger partial charge on any atom is 0.230 e. The predicted molar refractivity (Wildman–Crippen MR) is 116 cm³/mol. The Morgan fingerprint density at radius 1 is 0.828 bits per heavy atom. The van der Waals surface area contributed by atoms with Crippen LogP contribution in [0.15, 0.2) is 42.5 Å². The van der Waals surface area contributed by atoms with Crippen LogP contribution in [0.25, 0.3) is 0 Å². The number of amides is 1. The molecule has 2 fully saturated rings. The molecule has 1 aromatic carbocycles. The molecular formula is C23H31N5O. The number of benzene rings is 1. The summed E-state index contributed by atoms with van der Waals surface area (Å²) < 4.78 is 0. The van der Waals surface area contributed by atoms with Crippen LogP contribution in [0.2, 0.25) is 0 Å². The minimum atomic E-state index is -0.0497. The second-order valence-corrected chi connectivity index (χ2v) is 7.98. The van der Waals surface area contributed by atoms with Gasteiger partial charge in [0.2, 0.25) is 5.91 Å². The summed E-state index contributed by atoms with van der Waals surface area (Å²) in [6, 6.07) is 14.3. The van der Waals surface area contributed by atoms with Crippen LogP contribution >= 0.6 is 0 Å². The van der Waals surface area contributed by atoms with Crippen LogP contribution < -0.4 is 9.80 Å². The van der Waals surface area contributed by atoms with E-state index in [1.54, 1.807) is 0 Å². The van der Waals surface area contributed by atoms with Crippen LogP contribution in [-0.2, 0) is 4.79 Å². The molecule has 2 saturated heterocycles. The van der Waals surface area contributed by atoms with Gasteiger partial charge in [0.15, 0.2) is 11.6 Å². The van der Waals surface area contributed by atoms with Gasteiger partial charge in [0.1, 0.15) is 0 Å². The highest BCUT2D eigenvalue weighted by Gasteiger charge is 2.28. The minimum Gasteiger partial charge on any atom is -0.355 e. The van der Waals surface area contributed by atoms with Crippen molar-refractivity contribution in [3.05, 3.63) is 48.0 Å². The summed E-state index contributed by atoms with van der Waals surface area (Å²) in [5.41, 5.74) is 1.11. The molecule has 0 spiro atoms. The zero-order valence-corrected chi connectivity index (χ0v) is 17.3. The standard InChI is InChI=1S/C23H31N5O/c1-2-20(19-9-5-3-6-10-19)23(29)28-17-15-27(16-18-28)22-12-11-21(24-25-22)26-13-7-4-8-14-26/h3,5-6,9-12,20H,2,4,7-8,13-18H2,1H3/t20-/m1/s1. The number of nitrogens with zero attached hydrogens (tertiary/aromatic N) is 5. The minimum absolute atomic E-state index is 0.0497. The van der Waals surface area contributed by atoms with Crippen LogP contribution in [0, 0.1) is 0 Å². The lowest BCUT2D eigenvalue weighted by atomic mass is 9.95. The summed E-state index contributed by atoms with van der Waals surface area (Å²) in [7, 11) is 0. The summed E-state index contributed by atoms with van der Waals surface area (Å²) in [6.45, 7) is 7.31. The number of hydrogen-bond acceptors (Lipinski definition) is 5. The van der Waals surface area contributed by atoms with Gasteiger partial charge in [-0.25, -0.2) is 0 Å². The Hall–Kier alpha value is -2.63. The van der Waals surface area contributed by atoms with Crippen LogP contribution in [-0.4, -0.2) is 60.3 Å². The Morgan fingerprint density at radius 2 is 1.41 bits per heavy atom. The van der Waals surface area contributed by atoms with Gasteiger partial charge in [0.25, 0.3) is 0 Å². The summed E-state index contributed by atoms with van der Waals surface area (Å²) in [6.07, 6.45) is 4.61. The lowest BCUT2D eigenvalue weighted by molar-refractivity contribution is -0.133. The smallest absolute Gasteiger partial charge is 0.230 e. The van der Waals surface area contributed by atoms with Crippen molar-refractivity contribution in [3.63, 3.8) is 0 Å². The zero-order valence-electron chi connectivity index (χ0n) is 17.3. The number of anilines is 2. The van der Waals surface area contributed by atoms with Crippen molar-refractivity contribution in [3.8, 4) is 0 Å². The Labute approximate surface area is 173 Å². The Kier molecular flexibility index (Phi) is 6.27. The largest absolute Gasteiger partial charge is 0.355 e. The van der Waals surface area contributed by atoms with Crippen LogP contribution in [0.4, 0.5) is 11.6 Å². The molecule has 2 aliphatic rings. The second-order valence-electron chi connectivity index (χ2n) is 7.98. The highest BCUT2D eigenvalue weighted by Crippen LogP contribution is 2.24. The third kappa shape index (κ3) is 4.52. The number of aromatic nitrogens is 2. The molecule has 154 valence electrons. The molecule has 1 amide bonds. The molecule has 0 aliphatic carbocycles. The number of piperazine rings is 1. The Balaban J connectivity index is 1.34. The molecular weight excluding hydrogens is 362 g/mol. The number of rotatable bonds is 5. The van der Waals surface area contributed by atoms with Gasteiger partial charge >= 0.3 is 0 Å². The van der Waals surface area contributed by atoms with Crippen LogP contribution in [0.3, 0.4) is 0 Å². The Morgan fingerprint density at radius 3 is 1.97 bits per heavy atom. The molecule has 0 unspecified atom stereocenters. The average Bonchev–Trinajstić information content (AvgIpc) is 2.81. The molecule has 0 radical (unpaired) electrons. The van der Waals surface area contributed by atoms with Gasteiger partial charge in [0, 0.05) is 39.3 Å². The fraction of sp³-hybridized carbons (Fsp3) is 0.522. The van der Waals surface area contributed by atoms with Gasteiger partial charge in [0.05, 0.1) is 5.92 Å². The van der Waals surface area contributed by atoms with E-state index in [9.17, 15) is 4.79 Å². The summed E-state index contributed by atoms with van der Waals surface area (Å²) in [5, 5.41) is 8.94. The normalized spacial score (nSPS) is 18.6. The van der Waals surface area contributed by atoms with E-state index < -0.39 is 0 Å².